The summed E-state index contributed by atoms with van der Waals surface area (Å²) in [5.74, 6) is -0.876. The van der Waals surface area contributed by atoms with Crippen LogP contribution in [0.15, 0.2) is 60.8 Å². The quantitative estimate of drug-likeness (QED) is 0.0262. The number of ether oxygens (including phenoxy) is 3. The summed E-state index contributed by atoms with van der Waals surface area (Å²) in [5.41, 5.74) is 0. The fourth-order valence-corrected chi connectivity index (χ4v) is 8.55. The number of unbranched alkanes of at least 4 members (excludes halogenated alkanes) is 33. The molecule has 69 heavy (non-hydrogen) atoms. The van der Waals surface area contributed by atoms with Crippen LogP contribution in [0.5, 0.6) is 0 Å². The van der Waals surface area contributed by atoms with Crippen LogP contribution in [0.25, 0.3) is 0 Å². The van der Waals surface area contributed by atoms with Crippen LogP contribution in [-0.4, -0.2) is 37.2 Å². The topological polar surface area (TPSA) is 78.9 Å². The summed E-state index contributed by atoms with van der Waals surface area (Å²) < 4.78 is 16.9. The highest BCUT2D eigenvalue weighted by Gasteiger charge is 2.19. The van der Waals surface area contributed by atoms with Gasteiger partial charge in [0.15, 0.2) is 6.10 Å². The number of hydrogen-bond donors (Lipinski definition) is 0. The van der Waals surface area contributed by atoms with Crippen molar-refractivity contribution >= 4 is 17.9 Å². The molecule has 0 aromatic carbocycles. The van der Waals surface area contributed by atoms with Gasteiger partial charge in [0.1, 0.15) is 13.2 Å². The van der Waals surface area contributed by atoms with Crippen LogP contribution in [0.1, 0.15) is 303 Å². The van der Waals surface area contributed by atoms with E-state index in [-0.39, 0.29) is 31.1 Å². The molecular formula is C63H112O6. The van der Waals surface area contributed by atoms with E-state index in [0.29, 0.717) is 19.3 Å². The second kappa shape index (κ2) is 57.7. The standard InChI is InChI=1S/C63H112O6/c1-4-7-10-13-16-19-21-23-25-27-29-31-33-35-37-39-41-44-47-50-53-56-62(65)68-59-60(58-67-61(64)55-52-49-46-43-18-15-12-9-6-3)69-63(66)57-54-51-48-45-42-40-38-36-34-32-30-28-26-24-22-20-17-14-11-8-5-2/h7,10,16,19,23,25,28-31,60H,4-6,8-9,11-15,17-18,20-22,24,26-27,32-59H2,1-3H3/b10-7-,19-16-,25-23-,30-28-,31-29-. The Kier molecular flexibility index (Phi) is 55.3. The van der Waals surface area contributed by atoms with Crippen LogP contribution in [0.2, 0.25) is 0 Å². The molecule has 0 aromatic heterocycles. The van der Waals surface area contributed by atoms with Gasteiger partial charge >= 0.3 is 17.9 Å². The summed E-state index contributed by atoms with van der Waals surface area (Å²) in [6, 6.07) is 0. The van der Waals surface area contributed by atoms with Crippen molar-refractivity contribution in [2.45, 2.75) is 309 Å². The maximum absolute atomic E-state index is 12.9. The second-order valence-corrected chi connectivity index (χ2v) is 19.9. The molecule has 0 spiro atoms. The molecule has 0 aliphatic heterocycles. The minimum atomic E-state index is -0.776. The Morgan fingerprint density at radius 2 is 0.565 bits per heavy atom. The lowest BCUT2D eigenvalue weighted by Gasteiger charge is -2.18. The van der Waals surface area contributed by atoms with Crippen LogP contribution in [0.4, 0.5) is 0 Å². The van der Waals surface area contributed by atoms with Gasteiger partial charge in [0.2, 0.25) is 0 Å². The first-order chi connectivity index (χ1) is 34.0. The minimum Gasteiger partial charge on any atom is -0.462 e. The first kappa shape index (κ1) is 66.1. The Labute approximate surface area is 428 Å². The van der Waals surface area contributed by atoms with Crippen molar-refractivity contribution < 1.29 is 28.6 Å². The van der Waals surface area contributed by atoms with Crippen LogP contribution >= 0.6 is 0 Å². The molecule has 0 amide bonds. The lowest BCUT2D eigenvalue weighted by Crippen LogP contribution is -2.30. The van der Waals surface area contributed by atoms with Crippen molar-refractivity contribution in [3.05, 3.63) is 60.8 Å². The molecule has 0 rings (SSSR count). The summed E-state index contributed by atoms with van der Waals surface area (Å²) in [6.45, 7) is 6.53. The molecule has 0 bridgehead atoms. The third-order valence-electron chi connectivity index (χ3n) is 13.0. The smallest absolute Gasteiger partial charge is 0.306 e. The Bertz CT molecular complexity index is 1250. The zero-order valence-electron chi connectivity index (χ0n) is 45.8. The molecule has 0 aliphatic carbocycles. The SMILES string of the molecule is CC/C=C\C/C=C\C/C=C\C/C=C\CCCCCCCCCCC(=O)OCC(COC(=O)CCCCCCCCCCC)OC(=O)CCCCCCCCCCC/C=C\CCCCCCCCCC. The van der Waals surface area contributed by atoms with Gasteiger partial charge in [0.05, 0.1) is 0 Å². The molecule has 1 atom stereocenters. The van der Waals surface area contributed by atoms with Crippen molar-refractivity contribution in [1.82, 2.24) is 0 Å². The molecule has 1 unspecified atom stereocenters. The second-order valence-electron chi connectivity index (χ2n) is 19.9. The lowest BCUT2D eigenvalue weighted by molar-refractivity contribution is -0.167. The number of allylic oxidation sites excluding steroid dienone is 10. The van der Waals surface area contributed by atoms with Gasteiger partial charge in [-0.3, -0.25) is 14.4 Å². The van der Waals surface area contributed by atoms with E-state index in [1.165, 1.54) is 173 Å². The van der Waals surface area contributed by atoms with Gasteiger partial charge in [0, 0.05) is 19.3 Å². The van der Waals surface area contributed by atoms with E-state index in [1.807, 2.05) is 0 Å². The van der Waals surface area contributed by atoms with Crippen molar-refractivity contribution in [3.8, 4) is 0 Å². The van der Waals surface area contributed by atoms with E-state index in [1.54, 1.807) is 0 Å². The molecule has 400 valence electrons. The average molecular weight is 966 g/mol. The lowest BCUT2D eigenvalue weighted by atomic mass is 10.1. The van der Waals surface area contributed by atoms with E-state index in [9.17, 15) is 14.4 Å². The monoisotopic (exact) mass is 965 g/mol. The summed E-state index contributed by atoms with van der Waals surface area (Å²) >= 11 is 0. The van der Waals surface area contributed by atoms with E-state index < -0.39 is 6.10 Å². The van der Waals surface area contributed by atoms with E-state index in [0.717, 1.165) is 89.9 Å². The normalized spacial score (nSPS) is 12.4. The van der Waals surface area contributed by atoms with Gasteiger partial charge in [-0.2, -0.15) is 0 Å². The van der Waals surface area contributed by atoms with Crippen molar-refractivity contribution in [3.63, 3.8) is 0 Å². The molecule has 6 heteroatoms. The molecule has 0 saturated heterocycles. The van der Waals surface area contributed by atoms with Gasteiger partial charge in [0.25, 0.3) is 0 Å². The molecule has 6 nitrogen and oxygen atoms in total. The maximum Gasteiger partial charge on any atom is 0.306 e. The molecule has 0 radical (unpaired) electrons. The largest absolute Gasteiger partial charge is 0.462 e. The molecule has 0 N–H and O–H groups in total. The Morgan fingerprint density at radius 3 is 0.899 bits per heavy atom. The third kappa shape index (κ3) is 55.9. The predicted molar refractivity (Wildman–Crippen MR) is 298 cm³/mol. The Morgan fingerprint density at radius 1 is 0.304 bits per heavy atom. The van der Waals surface area contributed by atoms with Gasteiger partial charge in [-0.1, -0.05) is 261 Å². The van der Waals surface area contributed by atoms with E-state index >= 15 is 0 Å². The number of carbonyl (C=O) groups excluding carboxylic acids is 3. The highest BCUT2D eigenvalue weighted by molar-refractivity contribution is 5.71. The fraction of sp³-hybridized carbons (Fsp3) is 0.794. The van der Waals surface area contributed by atoms with Crippen molar-refractivity contribution in [1.29, 1.82) is 0 Å². The zero-order chi connectivity index (χ0) is 50.0. The van der Waals surface area contributed by atoms with Crippen LogP contribution in [0, 0.1) is 0 Å². The predicted octanol–water partition coefficient (Wildman–Crippen LogP) is 20.0. The number of esters is 3. The molecule has 0 heterocycles. The minimum absolute atomic E-state index is 0.0751. The molecule has 0 aromatic rings. The van der Waals surface area contributed by atoms with Crippen molar-refractivity contribution in [2.24, 2.45) is 0 Å². The number of rotatable bonds is 54. The maximum atomic E-state index is 12.9. The zero-order valence-corrected chi connectivity index (χ0v) is 45.8. The summed E-state index contributed by atoms with van der Waals surface area (Å²) in [5, 5.41) is 0. The van der Waals surface area contributed by atoms with Gasteiger partial charge in [-0.25, -0.2) is 0 Å². The number of hydrogen-bond acceptors (Lipinski definition) is 6. The molecular weight excluding hydrogens is 853 g/mol. The van der Waals surface area contributed by atoms with Gasteiger partial charge in [-0.05, 0) is 83.5 Å². The molecule has 0 fully saturated rings. The fourth-order valence-electron chi connectivity index (χ4n) is 8.55. The average Bonchev–Trinajstić information content (AvgIpc) is 3.35. The number of carbonyl (C=O) groups is 3. The molecule has 0 saturated carbocycles. The Hall–Kier alpha value is -2.89. The van der Waals surface area contributed by atoms with Crippen LogP contribution in [-0.2, 0) is 28.6 Å². The van der Waals surface area contributed by atoms with Crippen LogP contribution < -0.4 is 0 Å². The first-order valence-electron chi connectivity index (χ1n) is 29.8. The van der Waals surface area contributed by atoms with E-state index in [4.69, 9.17) is 14.2 Å². The summed E-state index contributed by atoms with van der Waals surface area (Å²) in [7, 11) is 0. The third-order valence-corrected chi connectivity index (χ3v) is 13.0. The van der Waals surface area contributed by atoms with Gasteiger partial charge < -0.3 is 14.2 Å². The highest BCUT2D eigenvalue weighted by atomic mass is 16.6. The van der Waals surface area contributed by atoms with Crippen LogP contribution in [0.3, 0.4) is 0 Å². The molecule has 0 aliphatic rings. The van der Waals surface area contributed by atoms with Crippen molar-refractivity contribution in [2.75, 3.05) is 13.2 Å². The first-order valence-corrected chi connectivity index (χ1v) is 29.8. The van der Waals surface area contributed by atoms with E-state index in [2.05, 4.69) is 81.5 Å². The Balaban J connectivity index is 4.26. The summed E-state index contributed by atoms with van der Waals surface area (Å²) in [6.07, 6.45) is 72.2. The summed E-state index contributed by atoms with van der Waals surface area (Å²) in [4.78, 5) is 38.1. The highest BCUT2D eigenvalue weighted by Crippen LogP contribution is 2.16. The van der Waals surface area contributed by atoms with Gasteiger partial charge in [-0.15, -0.1) is 0 Å².